The highest BCUT2D eigenvalue weighted by Gasteiger charge is 2.21. The van der Waals surface area contributed by atoms with Crippen LogP contribution in [0.4, 0.5) is 0 Å². The van der Waals surface area contributed by atoms with Crippen LogP contribution in [0.5, 0.6) is 0 Å². The number of ether oxygens (including phenoxy) is 1. The number of hydrogen-bond donors (Lipinski definition) is 0. The van der Waals surface area contributed by atoms with E-state index in [4.69, 9.17) is 16.3 Å². The smallest absolute Gasteiger partial charge is 0.0952 e. The van der Waals surface area contributed by atoms with Crippen LogP contribution in [-0.2, 0) is 11.2 Å². The Hall–Kier alpha value is -1.42. The number of benzene rings is 1. The van der Waals surface area contributed by atoms with Crippen LogP contribution in [-0.4, -0.2) is 36.1 Å². The molecule has 22 heavy (non-hydrogen) atoms. The maximum atomic E-state index is 5.95. The van der Waals surface area contributed by atoms with Crippen LogP contribution in [0, 0.1) is 0 Å². The van der Waals surface area contributed by atoms with Gasteiger partial charge in [0, 0.05) is 30.5 Å². The molecule has 1 saturated heterocycles. The summed E-state index contributed by atoms with van der Waals surface area (Å²) in [5.74, 6) is 0. The first-order valence-corrected chi connectivity index (χ1v) is 8.17. The maximum Gasteiger partial charge on any atom is 0.0952 e. The van der Waals surface area contributed by atoms with E-state index < -0.39 is 0 Å². The van der Waals surface area contributed by atoms with Gasteiger partial charge in [-0.3, -0.25) is 9.88 Å². The van der Waals surface area contributed by atoms with Gasteiger partial charge in [0.1, 0.15) is 0 Å². The maximum absolute atomic E-state index is 5.95. The van der Waals surface area contributed by atoms with Gasteiger partial charge in [-0.2, -0.15) is 0 Å². The van der Waals surface area contributed by atoms with Crippen molar-refractivity contribution in [2.24, 2.45) is 0 Å². The van der Waals surface area contributed by atoms with Crippen molar-refractivity contribution in [2.75, 3.05) is 26.2 Å². The van der Waals surface area contributed by atoms with Gasteiger partial charge in [-0.05, 0) is 48.7 Å². The number of halogens is 1. The number of morpholine rings is 1. The molecule has 1 fully saturated rings. The molecule has 3 rings (SSSR count). The molecule has 0 N–H and O–H groups in total. The second-order valence-electron chi connectivity index (χ2n) is 5.68. The topological polar surface area (TPSA) is 25.4 Å². The van der Waals surface area contributed by atoms with Crippen molar-refractivity contribution in [3.8, 4) is 0 Å². The second kappa shape index (κ2) is 7.73. The first-order chi connectivity index (χ1) is 10.8. The predicted molar refractivity (Wildman–Crippen MR) is 89.1 cm³/mol. The molecule has 1 aromatic heterocycles. The fourth-order valence-electron chi connectivity index (χ4n) is 2.84. The molecule has 0 radical (unpaired) electrons. The van der Waals surface area contributed by atoms with Crippen molar-refractivity contribution in [1.82, 2.24) is 9.88 Å². The quantitative estimate of drug-likeness (QED) is 0.840. The molecule has 1 atom stereocenters. The molecule has 0 unspecified atom stereocenters. The van der Waals surface area contributed by atoms with Crippen LogP contribution in [0.15, 0.2) is 48.8 Å². The van der Waals surface area contributed by atoms with Gasteiger partial charge in [-0.1, -0.05) is 29.8 Å². The van der Waals surface area contributed by atoms with Crippen molar-refractivity contribution in [1.29, 1.82) is 0 Å². The molecule has 1 aliphatic heterocycles. The number of nitrogens with zero attached hydrogens (tertiary/aromatic N) is 2. The van der Waals surface area contributed by atoms with Crippen LogP contribution < -0.4 is 0 Å². The second-order valence-corrected chi connectivity index (χ2v) is 6.11. The Bertz CT molecular complexity index is 573. The summed E-state index contributed by atoms with van der Waals surface area (Å²) >= 11 is 5.95. The fourth-order valence-corrected chi connectivity index (χ4v) is 2.96. The lowest BCUT2D eigenvalue weighted by molar-refractivity contribution is -0.0301. The van der Waals surface area contributed by atoms with Gasteiger partial charge >= 0.3 is 0 Å². The summed E-state index contributed by atoms with van der Waals surface area (Å²) in [5.41, 5.74) is 2.52. The van der Waals surface area contributed by atoms with Crippen molar-refractivity contribution >= 4 is 11.6 Å². The standard InChI is InChI=1S/C18H21ClN2O/c19-17-7-5-16(6-8-17)18-14-21(11-12-22-18)10-2-4-15-3-1-9-20-13-15/h1,3,5-9,13,18H,2,4,10-12,14H2/t18-/m0/s1. The molecule has 2 aromatic rings. The summed E-state index contributed by atoms with van der Waals surface area (Å²) in [4.78, 5) is 6.65. The third-order valence-electron chi connectivity index (χ3n) is 4.05. The number of hydrogen-bond acceptors (Lipinski definition) is 3. The first kappa shape index (κ1) is 15.5. The molecule has 1 aromatic carbocycles. The summed E-state index contributed by atoms with van der Waals surface area (Å²) in [6, 6.07) is 12.1. The molecule has 4 heteroatoms. The van der Waals surface area contributed by atoms with Gasteiger partial charge in [-0.15, -0.1) is 0 Å². The van der Waals surface area contributed by atoms with Crippen LogP contribution >= 0.6 is 11.6 Å². The molecule has 0 bridgehead atoms. The molecule has 0 aliphatic carbocycles. The lowest BCUT2D eigenvalue weighted by Gasteiger charge is -2.33. The zero-order chi connectivity index (χ0) is 15.2. The Morgan fingerprint density at radius 1 is 1.23 bits per heavy atom. The number of aromatic nitrogens is 1. The zero-order valence-electron chi connectivity index (χ0n) is 12.6. The van der Waals surface area contributed by atoms with Crippen LogP contribution in [0.3, 0.4) is 0 Å². The normalized spacial score (nSPS) is 19.2. The van der Waals surface area contributed by atoms with E-state index in [0.717, 1.165) is 44.1 Å². The van der Waals surface area contributed by atoms with Gasteiger partial charge in [0.2, 0.25) is 0 Å². The largest absolute Gasteiger partial charge is 0.371 e. The molecule has 116 valence electrons. The van der Waals surface area contributed by atoms with Gasteiger partial charge in [0.25, 0.3) is 0 Å². The predicted octanol–water partition coefficient (Wildman–Crippen LogP) is 3.74. The summed E-state index contributed by atoms with van der Waals surface area (Å²) in [6.07, 6.45) is 6.16. The molecule has 3 nitrogen and oxygen atoms in total. The van der Waals surface area contributed by atoms with Crippen molar-refractivity contribution in [3.05, 3.63) is 64.9 Å². The molecular formula is C18H21ClN2O. The summed E-state index contributed by atoms with van der Waals surface area (Å²) in [7, 11) is 0. The highest BCUT2D eigenvalue weighted by atomic mass is 35.5. The fraction of sp³-hybridized carbons (Fsp3) is 0.389. The minimum Gasteiger partial charge on any atom is -0.371 e. The van der Waals surface area contributed by atoms with Gasteiger partial charge in [0.15, 0.2) is 0 Å². The molecule has 0 saturated carbocycles. The highest BCUT2D eigenvalue weighted by Crippen LogP contribution is 2.23. The van der Waals surface area contributed by atoms with Gasteiger partial charge < -0.3 is 4.74 Å². The molecule has 0 amide bonds. The highest BCUT2D eigenvalue weighted by molar-refractivity contribution is 6.30. The number of pyridine rings is 1. The van der Waals surface area contributed by atoms with Gasteiger partial charge in [-0.25, -0.2) is 0 Å². The van der Waals surface area contributed by atoms with Crippen LogP contribution in [0.2, 0.25) is 5.02 Å². The van der Waals surface area contributed by atoms with E-state index in [1.54, 1.807) is 0 Å². The summed E-state index contributed by atoms with van der Waals surface area (Å²) < 4.78 is 5.90. The van der Waals surface area contributed by atoms with Crippen LogP contribution in [0.1, 0.15) is 23.7 Å². The third-order valence-corrected chi connectivity index (χ3v) is 4.31. The Morgan fingerprint density at radius 2 is 2.09 bits per heavy atom. The Labute approximate surface area is 136 Å². The van der Waals surface area contributed by atoms with E-state index >= 15 is 0 Å². The van der Waals surface area contributed by atoms with E-state index in [0.29, 0.717) is 0 Å². The summed E-state index contributed by atoms with van der Waals surface area (Å²) in [6.45, 7) is 3.86. The average Bonchev–Trinajstić information content (AvgIpc) is 2.57. The monoisotopic (exact) mass is 316 g/mol. The SMILES string of the molecule is Clc1ccc([C@@H]2CN(CCCc3cccnc3)CCO2)cc1. The first-order valence-electron chi connectivity index (χ1n) is 7.79. The molecule has 0 spiro atoms. The Kier molecular flexibility index (Phi) is 5.43. The lowest BCUT2D eigenvalue weighted by Crippen LogP contribution is -2.38. The minimum absolute atomic E-state index is 0.157. The molecule has 2 heterocycles. The molecule has 1 aliphatic rings. The van der Waals surface area contributed by atoms with E-state index in [9.17, 15) is 0 Å². The van der Waals surface area contributed by atoms with Crippen molar-refractivity contribution in [2.45, 2.75) is 18.9 Å². The Morgan fingerprint density at radius 3 is 2.86 bits per heavy atom. The average molecular weight is 317 g/mol. The summed E-state index contributed by atoms with van der Waals surface area (Å²) in [5, 5.41) is 0.771. The van der Waals surface area contributed by atoms with E-state index in [2.05, 4.69) is 28.1 Å². The van der Waals surface area contributed by atoms with Crippen LogP contribution in [0.25, 0.3) is 0 Å². The lowest BCUT2D eigenvalue weighted by atomic mass is 10.1. The number of aryl methyl sites for hydroxylation is 1. The van der Waals surface area contributed by atoms with E-state index in [1.165, 1.54) is 11.1 Å². The zero-order valence-corrected chi connectivity index (χ0v) is 13.4. The Balaban J connectivity index is 1.49. The van der Waals surface area contributed by atoms with Crippen molar-refractivity contribution in [3.63, 3.8) is 0 Å². The minimum atomic E-state index is 0.157. The van der Waals surface area contributed by atoms with Crippen molar-refractivity contribution < 1.29 is 4.74 Å². The number of rotatable bonds is 5. The van der Waals surface area contributed by atoms with E-state index in [1.807, 2.05) is 30.6 Å². The van der Waals surface area contributed by atoms with Gasteiger partial charge in [0.05, 0.1) is 12.7 Å². The van der Waals surface area contributed by atoms with E-state index in [-0.39, 0.29) is 6.10 Å². The molecular weight excluding hydrogens is 296 g/mol. The third kappa shape index (κ3) is 4.29.